The maximum absolute atomic E-state index is 13.0. The normalized spacial score (nSPS) is 21.3. The molecular formula is C23H29N3O5S2. The summed E-state index contributed by atoms with van der Waals surface area (Å²) in [4.78, 5) is 26.7. The van der Waals surface area contributed by atoms with E-state index in [0.717, 1.165) is 36.1 Å². The van der Waals surface area contributed by atoms with Crippen molar-refractivity contribution in [1.82, 2.24) is 9.62 Å². The molecule has 0 spiro atoms. The van der Waals surface area contributed by atoms with Crippen molar-refractivity contribution in [2.45, 2.75) is 56.6 Å². The lowest BCUT2D eigenvalue weighted by molar-refractivity contribution is -0.0440. The predicted octanol–water partition coefficient (Wildman–Crippen LogP) is 3.04. The van der Waals surface area contributed by atoms with Crippen LogP contribution in [-0.4, -0.2) is 56.9 Å². The molecule has 33 heavy (non-hydrogen) atoms. The Bertz CT molecular complexity index is 1150. The number of carbonyl (C=O) groups is 2. The number of aryl methyl sites for hydroxylation is 1. The Labute approximate surface area is 198 Å². The lowest BCUT2D eigenvalue weighted by Gasteiger charge is -2.34. The lowest BCUT2D eigenvalue weighted by atomic mass is 9.95. The molecule has 1 saturated heterocycles. The zero-order valence-corrected chi connectivity index (χ0v) is 20.6. The number of carbonyl (C=O) groups excluding carboxylic acids is 2. The molecule has 0 radical (unpaired) electrons. The number of benzene rings is 1. The number of rotatable bonds is 5. The molecule has 2 N–H and O–H groups in total. The second-order valence-electron chi connectivity index (χ2n) is 8.55. The number of nitrogens with one attached hydrogen (secondary N) is 2. The van der Waals surface area contributed by atoms with Crippen LogP contribution < -0.4 is 10.6 Å². The van der Waals surface area contributed by atoms with Crippen LogP contribution in [0.25, 0.3) is 0 Å². The summed E-state index contributed by atoms with van der Waals surface area (Å²) in [5, 5.41) is 6.08. The Balaban J connectivity index is 1.54. The van der Waals surface area contributed by atoms with Crippen molar-refractivity contribution < 1.29 is 22.7 Å². The van der Waals surface area contributed by atoms with Crippen molar-refractivity contribution in [2.24, 2.45) is 0 Å². The number of hydrogen-bond acceptors (Lipinski definition) is 6. The summed E-state index contributed by atoms with van der Waals surface area (Å²) < 4.78 is 33.1. The zero-order chi connectivity index (χ0) is 23.8. The highest BCUT2D eigenvalue weighted by atomic mass is 32.2. The second-order valence-corrected chi connectivity index (χ2v) is 11.6. The zero-order valence-electron chi connectivity index (χ0n) is 19.0. The maximum atomic E-state index is 13.0. The van der Waals surface area contributed by atoms with Crippen molar-refractivity contribution >= 4 is 38.2 Å². The van der Waals surface area contributed by atoms with Gasteiger partial charge in [0.2, 0.25) is 10.0 Å². The summed E-state index contributed by atoms with van der Waals surface area (Å²) in [6.45, 7) is 4.28. The molecule has 2 heterocycles. The molecule has 1 aromatic carbocycles. The second kappa shape index (κ2) is 9.54. The molecule has 2 amide bonds. The van der Waals surface area contributed by atoms with E-state index in [1.165, 1.54) is 39.9 Å². The fourth-order valence-corrected chi connectivity index (χ4v) is 7.32. The number of fused-ring (bicyclic) bond motifs is 1. The molecule has 0 unspecified atom stereocenters. The molecule has 1 aliphatic heterocycles. The van der Waals surface area contributed by atoms with Gasteiger partial charge in [0.05, 0.1) is 22.7 Å². The fraction of sp³-hybridized carbons (Fsp3) is 0.478. The molecular weight excluding hydrogens is 462 g/mol. The van der Waals surface area contributed by atoms with Gasteiger partial charge in [0, 0.05) is 30.6 Å². The molecule has 2 aromatic rings. The minimum Gasteiger partial charge on any atom is -0.373 e. The van der Waals surface area contributed by atoms with E-state index in [-0.39, 0.29) is 28.9 Å². The van der Waals surface area contributed by atoms with E-state index in [9.17, 15) is 18.0 Å². The van der Waals surface area contributed by atoms with E-state index in [4.69, 9.17) is 4.74 Å². The van der Waals surface area contributed by atoms with E-state index >= 15 is 0 Å². The Kier molecular flexibility index (Phi) is 6.90. The summed E-state index contributed by atoms with van der Waals surface area (Å²) in [5.41, 5.74) is 1.89. The van der Waals surface area contributed by atoms with Crippen LogP contribution in [0.15, 0.2) is 29.2 Å². The first-order valence-corrected chi connectivity index (χ1v) is 13.4. The van der Waals surface area contributed by atoms with Crippen molar-refractivity contribution in [2.75, 3.05) is 25.5 Å². The Morgan fingerprint density at radius 2 is 1.67 bits per heavy atom. The lowest BCUT2D eigenvalue weighted by Crippen LogP contribution is -2.48. The molecule has 1 fully saturated rings. The third-order valence-corrected chi connectivity index (χ3v) is 9.05. The standard InChI is InChI=1S/C23H29N3O5S2/c1-14-12-26(13-15(2)31-14)33(29,30)17-10-8-16(9-11-17)21(27)25-23-20(22(28)24-3)18-6-4-5-7-19(18)32-23/h8-11,14-15H,4-7,12-13H2,1-3H3,(H,24,28)(H,25,27)/t14-,15+. The first kappa shape index (κ1) is 23.9. The van der Waals surface area contributed by atoms with E-state index in [2.05, 4.69) is 10.6 Å². The van der Waals surface area contributed by atoms with Crippen molar-refractivity contribution in [3.05, 3.63) is 45.8 Å². The van der Waals surface area contributed by atoms with E-state index in [1.807, 2.05) is 13.8 Å². The Morgan fingerprint density at radius 1 is 1.03 bits per heavy atom. The first-order chi connectivity index (χ1) is 15.7. The minimum absolute atomic E-state index is 0.137. The molecule has 2 atom stereocenters. The third-order valence-electron chi connectivity index (χ3n) is 5.99. The minimum atomic E-state index is -3.68. The summed E-state index contributed by atoms with van der Waals surface area (Å²) in [5.74, 6) is -0.587. The van der Waals surface area contributed by atoms with Gasteiger partial charge in [0.25, 0.3) is 11.8 Å². The molecule has 0 saturated carbocycles. The van der Waals surface area contributed by atoms with Crippen LogP contribution in [0.4, 0.5) is 5.00 Å². The molecule has 8 nitrogen and oxygen atoms in total. The Morgan fingerprint density at radius 3 is 2.30 bits per heavy atom. The first-order valence-electron chi connectivity index (χ1n) is 11.1. The van der Waals surface area contributed by atoms with Gasteiger partial charge in [-0.1, -0.05) is 0 Å². The maximum Gasteiger partial charge on any atom is 0.256 e. The van der Waals surface area contributed by atoms with Gasteiger partial charge in [-0.05, 0) is 69.4 Å². The van der Waals surface area contributed by atoms with E-state index in [0.29, 0.717) is 29.2 Å². The number of sulfonamides is 1. The highest BCUT2D eigenvalue weighted by Gasteiger charge is 2.32. The molecule has 2 aliphatic rings. The summed E-state index contributed by atoms with van der Waals surface area (Å²) in [7, 11) is -2.10. The van der Waals surface area contributed by atoms with E-state index in [1.54, 1.807) is 7.05 Å². The number of anilines is 1. The highest BCUT2D eigenvalue weighted by Crippen LogP contribution is 2.38. The highest BCUT2D eigenvalue weighted by molar-refractivity contribution is 7.89. The SMILES string of the molecule is CNC(=O)c1c(NC(=O)c2ccc(S(=O)(=O)N3C[C@@H](C)O[C@@H](C)C3)cc2)sc2c1CCCC2. The van der Waals surface area contributed by atoms with Crippen LogP contribution in [-0.2, 0) is 27.6 Å². The molecule has 1 aromatic heterocycles. The number of thiophene rings is 1. The van der Waals surface area contributed by atoms with Gasteiger partial charge in [-0.3, -0.25) is 9.59 Å². The third kappa shape index (κ3) is 4.84. The summed E-state index contributed by atoms with van der Waals surface area (Å²) in [6.07, 6.45) is 3.48. The average molecular weight is 492 g/mol. The molecule has 10 heteroatoms. The summed E-state index contributed by atoms with van der Waals surface area (Å²) >= 11 is 1.45. The van der Waals surface area contributed by atoms with Gasteiger partial charge in [0.1, 0.15) is 5.00 Å². The largest absolute Gasteiger partial charge is 0.373 e. The predicted molar refractivity (Wildman–Crippen MR) is 128 cm³/mol. The quantitative estimate of drug-likeness (QED) is 0.669. The summed E-state index contributed by atoms with van der Waals surface area (Å²) in [6, 6.07) is 5.91. The van der Waals surface area contributed by atoms with Crippen LogP contribution in [0.3, 0.4) is 0 Å². The molecule has 178 valence electrons. The van der Waals surface area contributed by atoms with Crippen molar-refractivity contribution in [3.63, 3.8) is 0 Å². The molecule has 4 rings (SSSR count). The van der Waals surface area contributed by atoms with Crippen molar-refractivity contribution in [3.8, 4) is 0 Å². The fourth-order valence-electron chi connectivity index (χ4n) is 4.45. The van der Waals surface area contributed by atoms with Gasteiger partial charge in [-0.2, -0.15) is 4.31 Å². The van der Waals surface area contributed by atoms with Crippen LogP contribution in [0.5, 0.6) is 0 Å². The van der Waals surface area contributed by atoms with Crippen LogP contribution in [0.2, 0.25) is 0 Å². The molecule has 1 aliphatic carbocycles. The Hall–Kier alpha value is -2.27. The smallest absolute Gasteiger partial charge is 0.256 e. The number of hydrogen-bond donors (Lipinski definition) is 2. The van der Waals surface area contributed by atoms with Gasteiger partial charge in [0.15, 0.2) is 0 Å². The van der Waals surface area contributed by atoms with Crippen LogP contribution in [0.1, 0.15) is 57.8 Å². The average Bonchev–Trinajstić information content (AvgIpc) is 3.15. The van der Waals surface area contributed by atoms with Crippen LogP contribution in [0, 0.1) is 0 Å². The number of nitrogens with zero attached hydrogens (tertiary/aromatic N) is 1. The van der Waals surface area contributed by atoms with Gasteiger partial charge in [-0.25, -0.2) is 8.42 Å². The van der Waals surface area contributed by atoms with Gasteiger partial charge < -0.3 is 15.4 Å². The number of ether oxygens (including phenoxy) is 1. The van der Waals surface area contributed by atoms with Gasteiger partial charge in [-0.15, -0.1) is 11.3 Å². The van der Waals surface area contributed by atoms with E-state index < -0.39 is 10.0 Å². The van der Waals surface area contributed by atoms with Crippen LogP contribution >= 0.6 is 11.3 Å². The monoisotopic (exact) mass is 491 g/mol. The topological polar surface area (TPSA) is 105 Å². The number of morpholine rings is 1. The molecule has 0 bridgehead atoms. The van der Waals surface area contributed by atoms with Gasteiger partial charge >= 0.3 is 0 Å². The number of amides is 2. The van der Waals surface area contributed by atoms with Crippen molar-refractivity contribution in [1.29, 1.82) is 0 Å².